The van der Waals surface area contributed by atoms with Crippen LogP contribution in [0.5, 0.6) is 0 Å². The van der Waals surface area contributed by atoms with Crippen molar-refractivity contribution in [1.29, 1.82) is 0 Å². The zero-order chi connectivity index (χ0) is 33.1. The van der Waals surface area contributed by atoms with Crippen molar-refractivity contribution in [3.05, 3.63) is 95.8 Å². The lowest BCUT2D eigenvalue weighted by Crippen LogP contribution is -2.43. The van der Waals surface area contributed by atoms with Gasteiger partial charge in [0.05, 0.1) is 16.6 Å². The molecule has 1 aromatic heterocycles. The third-order valence-corrected chi connectivity index (χ3v) is 9.05. The zero-order valence-corrected chi connectivity index (χ0v) is 28.3. The maximum absolute atomic E-state index is 13.5. The lowest BCUT2D eigenvalue weighted by Gasteiger charge is -2.26. The summed E-state index contributed by atoms with van der Waals surface area (Å²) in [7, 11) is 1.84. The number of nitrogens with zero attached hydrogens (tertiary/aromatic N) is 3. The quantitative estimate of drug-likeness (QED) is 0.173. The molecule has 0 spiro atoms. The number of esters is 1. The number of benzene rings is 4. The molecule has 0 aliphatic heterocycles. The molecule has 7 heteroatoms. The van der Waals surface area contributed by atoms with E-state index < -0.39 is 5.60 Å². The largest absolute Gasteiger partial charge is 0.456 e. The van der Waals surface area contributed by atoms with E-state index in [0.717, 1.165) is 75.7 Å². The Kier molecular flexibility index (Phi) is 9.35. The van der Waals surface area contributed by atoms with Crippen LogP contribution in [0.1, 0.15) is 88.0 Å². The second kappa shape index (κ2) is 13.6. The summed E-state index contributed by atoms with van der Waals surface area (Å²) in [6.07, 6.45) is 7.54. The fourth-order valence-electron chi connectivity index (χ4n) is 6.63. The van der Waals surface area contributed by atoms with Crippen LogP contribution in [0.4, 0.5) is 10.5 Å². The van der Waals surface area contributed by atoms with Gasteiger partial charge < -0.3 is 14.6 Å². The average molecular weight is 631 g/mol. The standard InChI is InChI=1S/C40H46N4O3/c1-6-12-36-42-34-24-22-31(43(5)39(46)41-30-14-8-7-9-15-30)25-35(34)44(36)26-27-17-19-29(20-18-27)33-23-21-28-13-10-11-16-32(28)37(33)38(45)47-40(2,3)4/h10-11,13,16-25,30H,6-9,12,14-15,26H2,1-5H3,(H,41,46). The number of imidazole rings is 1. The Morgan fingerprint density at radius 2 is 1.70 bits per heavy atom. The molecule has 7 nitrogen and oxygen atoms in total. The SMILES string of the molecule is CCCc1nc2ccc(N(C)C(=O)NC3CCCCC3)cc2n1Cc1ccc(-c2ccc3ccccc3c2C(=O)OC(C)(C)C)cc1. The molecule has 244 valence electrons. The molecule has 0 radical (unpaired) electrons. The second-order valence-electron chi connectivity index (χ2n) is 13.8. The average Bonchev–Trinajstić information content (AvgIpc) is 3.39. The van der Waals surface area contributed by atoms with E-state index in [-0.39, 0.29) is 18.0 Å². The number of rotatable bonds is 8. The maximum atomic E-state index is 13.5. The van der Waals surface area contributed by atoms with Gasteiger partial charge in [-0.15, -0.1) is 0 Å². The van der Waals surface area contributed by atoms with E-state index in [1.165, 1.54) is 19.3 Å². The van der Waals surface area contributed by atoms with Crippen LogP contribution in [0.2, 0.25) is 0 Å². The second-order valence-corrected chi connectivity index (χ2v) is 13.8. The van der Waals surface area contributed by atoms with Gasteiger partial charge in [-0.25, -0.2) is 14.6 Å². The monoisotopic (exact) mass is 630 g/mol. The Morgan fingerprint density at radius 1 is 0.957 bits per heavy atom. The van der Waals surface area contributed by atoms with Crippen LogP contribution in [-0.2, 0) is 17.7 Å². The number of hydrogen-bond donors (Lipinski definition) is 1. The number of aromatic nitrogens is 2. The predicted molar refractivity (Wildman–Crippen MR) is 191 cm³/mol. The van der Waals surface area contributed by atoms with Gasteiger partial charge in [0.1, 0.15) is 11.4 Å². The molecule has 1 heterocycles. The van der Waals surface area contributed by atoms with Crippen molar-refractivity contribution in [2.45, 2.75) is 90.8 Å². The van der Waals surface area contributed by atoms with Crippen molar-refractivity contribution < 1.29 is 14.3 Å². The van der Waals surface area contributed by atoms with E-state index in [1.807, 2.05) is 70.3 Å². The maximum Gasteiger partial charge on any atom is 0.339 e. The van der Waals surface area contributed by atoms with E-state index in [2.05, 4.69) is 53.2 Å². The van der Waals surface area contributed by atoms with Gasteiger partial charge in [0.2, 0.25) is 0 Å². The normalized spacial score (nSPS) is 14.0. The highest BCUT2D eigenvalue weighted by molar-refractivity contribution is 6.10. The summed E-state index contributed by atoms with van der Waals surface area (Å²) in [5.74, 6) is 0.704. The number of carbonyl (C=O) groups excluding carboxylic acids is 2. The first-order chi connectivity index (χ1) is 22.6. The highest BCUT2D eigenvalue weighted by atomic mass is 16.6. The first-order valence-electron chi connectivity index (χ1n) is 17.0. The molecule has 1 saturated carbocycles. The molecule has 0 bridgehead atoms. The number of aryl methyl sites for hydroxylation is 1. The van der Waals surface area contributed by atoms with Gasteiger partial charge in [0.15, 0.2) is 0 Å². The van der Waals surface area contributed by atoms with Gasteiger partial charge in [-0.2, -0.15) is 0 Å². The first kappa shape index (κ1) is 32.3. The number of fused-ring (bicyclic) bond motifs is 2. The molecule has 2 amide bonds. The van der Waals surface area contributed by atoms with Crippen LogP contribution in [0, 0.1) is 0 Å². The van der Waals surface area contributed by atoms with E-state index in [0.29, 0.717) is 12.1 Å². The van der Waals surface area contributed by atoms with Crippen LogP contribution in [-0.4, -0.2) is 40.2 Å². The Hall–Kier alpha value is -4.65. The van der Waals surface area contributed by atoms with Crippen molar-refractivity contribution in [3.63, 3.8) is 0 Å². The smallest absolute Gasteiger partial charge is 0.339 e. The summed E-state index contributed by atoms with van der Waals surface area (Å²) in [6, 6.07) is 26.7. The summed E-state index contributed by atoms with van der Waals surface area (Å²) >= 11 is 0. The molecule has 1 N–H and O–H groups in total. The number of ether oxygens (including phenoxy) is 1. The Labute approximate surface area is 277 Å². The van der Waals surface area contributed by atoms with E-state index in [9.17, 15) is 9.59 Å². The number of amides is 2. The molecular formula is C40H46N4O3. The zero-order valence-electron chi connectivity index (χ0n) is 28.3. The van der Waals surface area contributed by atoms with Gasteiger partial charge in [-0.3, -0.25) is 4.90 Å². The van der Waals surface area contributed by atoms with Gasteiger partial charge in [-0.05, 0) is 85.7 Å². The van der Waals surface area contributed by atoms with Crippen LogP contribution in [0.15, 0.2) is 78.9 Å². The fourth-order valence-corrected chi connectivity index (χ4v) is 6.63. The van der Waals surface area contributed by atoms with Gasteiger partial charge in [0.25, 0.3) is 0 Å². The Balaban J connectivity index is 1.30. The lowest BCUT2D eigenvalue weighted by atomic mass is 9.93. The molecule has 5 aromatic rings. The minimum atomic E-state index is -0.604. The van der Waals surface area contributed by atoms with E-state index >= 15 is 0 Å². The van der Waals surface area contributed by atoms with Crippen molar-refractivity contribution in [1.82, 2.24) is 14.9 Å². The van der Waals surface area contributed by atoms with Crippen LogP contribution in [0.25, 0.3) is 32.9 Å². The molecule has 0 saturated heterocycles. The molecule has 0 unspecified atom stereocenters. The number of urea groups is 1. The lowest BCUT2D eigenvalue weighted by molar-refractivity contribution is 0.00727. The molecule has 1 fully saturated rings. The van der Waals surface area contributed by atoms with Gasteiger partial charge in [-0.1, -0.05) is 86.8 Å². The molecule has 1 aliphatic rings. The van der Waals surface area contributed by atoms with Crippen molar-refractivity contribution in [3.8, 4) is 11.1 Å². The predicted octanol–water partition coefficient (Wildman–Crippen LogP) is 9.29. The molecule has 0 atom stereocenters. The molecule has 47 heavy (non-hydrogen) atoms. The van der Waals surface area contributed by atoms with Gasteiger partial charge >= 0.3 is 12.0 Å². The van der Waals surface area contributed by atoms with Crippen LogP contribution >= 0.6 is 0 Å². The minimum Gasteiger partial charge on any atom is -0.456 e. The van der Waals surface area contributed by atoms with Crippen LogP contribution < -0.4 is 10.2 Å². The highest BCUT2D eigenvalue weighted by Crippen LogP contribution is 2.33. The fraction of sp³-hybridized carbons (Fsp3) is 0.375. The van der Waals surface area contributed by atoms with E-state index in [4.69, 9.17) is 9.72 Å². The van der Waals surface area contributed by atoms with Crippen LogP contribution in [0.3, 0.4) is 0 Å². The van der Waals surface area contributed by atoms with Gasteiger partial charge in [0, 0.05) is 31.7 Å². The molecule has 6 rings (SSSR count). The van der Waals surface area contributed by atoms with Crippen molar-refractivity contribution >= 4 is 39.5 Å². The number of nitrogens with one attached hydrogen (secondary N) is 1. The Bertz CT molecular complexity index is 1900. The number of anilines is 1. The summed E-state index contributed by atoms with van der Waals surface area (Å²) in [5, 5.41) is 5.11. The number of hydrogen-bond acceptors (Lipinski definition) is 4. The van der Waals surface area contributed by atoms with E-state index in [1.54, 1.807) is 4.90 Å². The summed E-state index contributed by atoms with van der Waals surface area (Å²) < 4.78 is 8.14. The third-order valence-electron chi connectivity index (χ3n) is 9.05. The summed E-state index contributed by atoms with van der Waals surface area (Å²) in [4.78, 5) is 33.4. The molecule has 1 aliphatic carbocycles. The third kappa shape index (κ3) is 7.19. The first-order valence-corrected chi connectivity index (χ1v) is 17.0. The van der Waals surface area contributed by atoms with Crippen molar-refractivity contribution in [2.75, 3.05) is 11.9 Å². The summed E-state index contributed by atoms with van der Waals surface area (Å²) in [6.45, 7) is 8.49. The summed E-state index contributed by atoms with van der Waals surface area (Å²) in [5.41, 5.74) is 5.69. The Morgan fingerprint density at radius 3 is 2.43 bits per heavy atom. The highest BCUT2D eigenvalue weighted by Gasteiger charge is 2.24. The van der Waals surface area contributed by atoms with Crippen molar-refractivity contribution in [2.24, 2.45) is 0 Å². The topological polar surface area (TPSA) is 76.5 Å². The minimum absolute atomic E-state index is 0.0638. The molecular weight excluding hydrogens is 584 g/mol. The molecule has 4 aromatic carbocycles. The number of carbonyl (C=O) groups is 2.